The van der Waals surface area contributed by atoms with Gasteiger partial charge in [0.05, 0.1) is 0 Å². The minimum Gasteiger partial charge on any atom is -0.336 e. The highest BCUT2D eigenvalue weighted by Gasteiger charge is 2.52. The summed E-state index contributed by atoms with van der Waals surface area (Å²) in [7, 11) is 0. The van der Waals surface area contributed by atoms with E-state index in [0.29, 0.717) is 35.7 Å². The molecule has 3 heteroatoms. The number of piperidine rings is 2. The highest BCUT2D eigenvalue weighted by atomic mass is 16.2. The molecule has 3 nitrogen and oxygen atoms in total. The minimum atomic E-state index is 0.431. The van der Waals surface area contributed by atoms with Crippen molar-refractivity contribution in [1.82, 2.24) is 9.80 Å². The lowest BCUT2D eigenvalue weighted by Crippen LogP contribution is -2.57. The summed E-state index contributed by atoms with van der Waals surface area (Å²) in [6.45, 7) is 7.98. The van der Waals surface area contributed by atoms with Crippen molar-refractivity contribution < 1.29 is 4.79 Å². The molecule has 0 spiro atoms. The maximum Gasteiger partial charge on any atom is 0.223 e. The number of hydrogen-bond acceptors (Lipinski definition) is 2. The summed E-state index contributed by atoms with van der Waals surface area (Å²) in [5.41, 5.74) is 1.41. The molecule has 0 aliphatic carbocycles. The molecule has 0 saturated carbocycles. The van der Waals surface area contributed by atoms with Gasteiger partial charge in [0, 0.05) is 38.1 Å². The fraction of sp³-hybridized carbons (Fsp3) is 0.667. The van der Waals surface area contributed by atoms with Gasteiger partial charge in [0.2, 0.25) is 5.91 Å². The first-order valence-electron chi connectivity index (χ1n) is 9.74. The molecule has 3 fully saturated rings. The molecule has 130 valence electrons. The zero-order valence-corrected chi connectivity index (χ0v) is 15.0. The van der Waals surface area contributed by atoms with E-state index in [1.54, 1.807) is 0 Å². The second kappa shape index (κ2) is 6.51. The summed E-state index contributed by atoms with van der Waals surface area (Å²) in [5, 5.41) is 0. The molecular formula is C21H30N2O. The van der Waals surface area contributed by atoms with Crippen molar-refractivity contribution in [1.29, 1.82) is 0 Å². The average Bonchev–Trinajstić information content (AvgIpc) is 2.99. The Labute approximate surface area is 146 Å². The van der Waals surface area contributed by atoms with Crippen LogP contribution in [0.5, 0.6) is 0 Å². The topological polar surface area (TPSA) is 23.6 Å². The smallest absolute Gasteiger partial charge is 0.223 e. The number of amides is 1. The standard InChI is InChI=1S/C21H30N2O/c1-3-15(2)19-11-18-14-22(12-16-7-5-4-6-8-16)13-17-9-10-20(24)23(19)21(17)18/h4-8,15,17-19,21H,3,9-14H2,1-2H3/t15-,17-,18?,19-,21?/m1/s1. The van der Waals surface area contributed by atoms with Crippen LogP contribution in [0, 0.1) is 17.8 Å². The predicted octanol–water partition coefficient (Wildman–Crippen LogP) is 3.54. The maximum absolute atomic E-state index is 12.6. The first-order chi connectivity index (χ1) is 11.7. The van der Waals surface area contributed by atoms with Crippen molar-refractivity contribution >= 4 is 5.91 Å². The Kier molecular flexibility index (Phi) is 4.38. The molecule has 4 rings (SSSR count). The van der Waals surface area contributed by atoms with Gasteiger partial charge in [-0.2, -0.15) is 0 Å². The van der Waals surface area contributed by atoms with E-state index >= 15 is 0 Å². The Morgan fingerprint density at radius 2 is 1.92 bits per heavy atom. The van der Waals surface area contributed by atoms with Crippen molar-refractivity contribution in [2.75, 3.05) is 13.1 Å². The van der Waals surface area contributed by atoms with Crippen LogP contribution in [0.4, 0.5) is 0 Å². The van der Waals surface area contributed by atoms with Crippen LogP contribution in [0.2, 0.25) is 0 Å². The van der Waals surface area contributed by atoms with Crippen molar-refractivity contribution in [3.63, 3.8) is 0 Å². The summed E-state index contributed by atoms with van der Waals surface area (Å²) in [5.74, 6) is 2.41. The van der Waals surface area contributed by atoms with E-state index in [1.165, 1.54) is 18.4 Å². The number of hydrogen-bond donors (Lipinski definition) is 0. The lowest BCUT2D eigenvalue weighted by molar-refractivity contribution is -0.142. The number of likely N-dealkylation sites (tertiary alicyclic amines) is 1. The predicted molar refractivity (Wildman–Crippen MR) is 96.4 cm³/mol. The average molecular weight is 326 g/mol. The number of carbonyl (C=O) groups is 1. The first kappa shape index (κ1) is 16.1. The van der Waals surface area contributed by atoms with Crippen molar-refractivity contribution in [2.24, 2.45) is 17.8 Å². The summed E-state index contributed by atoms with van der Waals surface area (Å²) < 4.78 is 0. The Morgan fingerprint density at radius 1 is 1.17 bits per heavy atom. The molecule has 0 aromatic heterocycles. The van der Waals surface area contributed by atoms with Gasteiger partial charge in [-0.3, -0.25) is 9.69 Å². The van der Waals surface area contributed by atoms with Crippen LogP contribution in [-0.2, 0) is 11.3 Å². The van der Waals surface area contributed by atoms with Crippen LogP contribution in [0.1, 0.15) is 45.1 Å². The van der Waals surface area contributed by atoms with Gasteiger partial charge < -0.3 is 4.90 Å². The first-order valence-corrected chi connectivity index (χ1v) is 9.74. The molecule has 0 bridgehead atoms. The summed E-state index contributed by atoms with van der Waals surface area (Å²) >= 11 is 0. The molecule has 1 aromatic carbocycles. The van der Waals surface area contributed by atoms with Gasteiger partial charge in [-0.1, -0.05) is 50.6 Å². The van der Waals surface area contributed by atoms with Crippen LogP contribution in [0.25, 0.3) is 0 Å². The van der Waals surface area contributed by atoms with Gasteiger partial charge >= 0.3 is 0 Å². The zero-order valence-electron chi connectivity index (χ0n) is 15.0. The summed E-state index contributed by atoms with van der Waals surface area (Å²) in [6.07, 6.45) is 4.24. The van der Waals surface area contributed by atoms with Gasteiger partial charge in [-0.25, -0.2) is 0 Å². The Balaban J connectivity index is 1.53. The fourth-order valence-corrected chi connectivity index (χ4v) is 5.45. The molecule has 3 heterocycles. The number of benzene rings is 1. The SMILES string of the molecule is CC[C@@H](C)[C@H]1CC2CN(Cc3ccccc3)C[C@H]3CCC(=O)N1C23. The molecule has 0 radical (unpaired) electrons. The number of carbonyl (C=O) groups excluding carboxylic acids is 1. The van der Waals surface area contributed by atoms with Crippen LogP contribution in [0.15, 0.2) is 30.3 Å². The van der Waals surface area contributed by atoms with Crippen LogP contribution < -0.4 is 0 Å². The van der Waals surface area contributed by atoms with E-state index in [9.17, 15) is 4.79 Å². The summed E-state index contributed by atoms with van der Waals surface area (Å²) in [4.78, 5) is 17.6. The second-order valence-electron chi connectivity index (χ2n) is 8.22. The molecule has 1 amide bonds. The largest absolute Gasteiger partial charge is 0.336 e. The number of rotatable bonds is 4. The van der Waals surface area contributed by atoms with Crippen molar-refractivity contribution in [3.8, 4) is 0 Å². The van der Waals surface area contributed by atoms with Crippen molar-refractivity contribution in [3.05, 3.63) is 35.9 Å². The maximum atomic E-state index is 12.6. The molecule has 0 N–H and O–H groups in total. The molecular weight excluding hydrogens is 296 g/mol. The second-order valence-corrected chi connectivity index (χ2v) is 8.22. The van der Waals surface area contributed by atoms with E-state index in [1.807, 2.05) is 0 Å². The van der Waals surface area contributed by atoms with Gasteiger partial charge in [0.15, 0.2) is 0 Å². The molecule has 5 atom stereocenters. The van der Waals surface area contributed by atoms with Crippen LogP contribution in [-0.4, -0.2) is 40.9 Å². The summed E-state index contributed by atoms with van der Waals surface area (Å²) in [6, 6.07) is 11.8. The molecule has 3 aliphatic rings. The van der Waals surface area contributed by atoms with E-state index < -0.39 is 0 Å². The van der Waals surface area contributed by atoms with Gasteiger partial charge in [-0.05, 0) is 36.2 Å². The third-order valence-corrected chi connectivity index (χ3v) is 6.74. The Bertz CT molecular complexity index is 587. The van der Waals surface area contributed by atoms with Crippen LogP contribution >= 0.6 is 0 Å². The van der Waals surface area contributed by atoms with Crippen molar-refractivity contribution in [2.45, 2.75) is 58.2 Å². The molecule has 24 heavy (non-hydrogen) atoms. The highest BCUT2D eigenvalue weighted by molar-refractivity contribution is 5.78. The Hall–Kier alpha value is -1.35. The van der Waals surface area contributed by atoms with E-state index in [4.69, 9.17) is 0 Å². The van der Waals surface area contributed by atoms with Gasteiger partial charge in [0.25, 0.3) is 0 Å². The number of nitrogens with zero attached hydrogens (tertiary/aromatic N) is 2. The van der Waals surface area contributed by atoms with E-state index in [2.05, 4.69) is 54.0 Å². The Morgan fingerprint density at radius 3 is 2.67 bits per heavy atom. The molecule has 2 unspecified atom stereocenters. The fourth-order valence-electron chi connectivity index (χ4n) is 5.45. The zero-order chi connectivity index (χ0) is 16.7. The normalized spacial score (nSPS) is 34.2. The van der Waals surface area contributed by atoms with E-state index in [0.717, 1.165) is 32.5 Å². The molecule has 3 saturated heterocycles. The van der Waals surface area contributed by atoms with Gasteiger partial charge in [0.1, 0.15) is 0 Å². The third-order valence-electron chi connectivity index (χ3n) is 6.74. The van der Waals surface area contributed by atoms with E-state index in [-0.39, 0.29) is 0 Å². The molecule has 3 aliphatic heterocycles. The van der Waals surface area contributed by atoms with Crippen LogP contribution in [0.3, 0.4) is 0 Å². The lowest BCUT2D eigenvalue weighted by Gasteiger charge is -2.47. The monoisotopic (exact) mass is 326 g/mol. The van der Waals surface area contributed by atoms with Gasteiger partial charge in [-0.15, -0.1) is 0 Å². The third kappa shape index (κ3) is 2.77. The molecule has 1 aromatic rings. The highest BCUT2D eigenvalue weighted by Crippen LogP contribution is 2.45. The quantitative estimate of drug-likeness (QED) is 0.845. The minimum absolute atomic E-state index is 0.431. The lowest BCUT2D eigenvalue weighted by atomic mass is 9.79.